The summed E-state index contributed by atoms with van der Waals surface area (Å²) in [5, 5.41) is 2.43. The van der Waals surface area contributed by atoms with Gasteiger partial charge >= 0.3 is 6.18 Å². The van der Waals surface area contributed by atoms with E-state index in [0.29, 0.717) is 5.69 Å². The number of nitrogens with zero attached hydrogens (tertiary/aromatic N) is 1. The Morgan fingerprint density at radius 3 is 2.43 bits per heavy atom. The SMILES string of the molecule is O=C(Nc1ccc(F)c(Br)c1)c1ccc(C(F)(F)F)nc1. The van der Waals surface area contributed by atoms with Crippen molar-refractivity contribution in [2.75, 3.05) is 5.32 Å². The Balaban J connectivity index is 2.15. The summed E-state index contributed by atoms with van der Waals surface area (Å²) in [4.78, 5) is 15.0. The van der Waals surface area contributed by atoms with Crippen molar-refractivity contribution in [3.8, 4) is 0 Å². The van der Waals surface area contributed by atoms with Gasteiger partial charge in [-0.15, -0.1) is 0 Å². The maximum absolute atomic E-state index is 13.0. The minimum Gasteiger partial charge on any atom is -0.322 e. The predicted octanol–water partition coefficient (Wildman–Crippen LogP) is 4.25. The summed E-state index contributed by atoms with van der Waals surface area (Å²) in [6.45, 7) is 0. The smallest absolute Gasteiger partial charge is 0.322 e. The first-order valence-electron chi connectivity index (χ1n) is 5.57. The van der Waals surface area contributed by atoms with Crippen molar-refractivity contribution < 1.29 is 22.4 Å². The monoisotopic (exact) mass is 362 g/mol. The fourth-order valence-corrected chi connectivity index (χ4v) is 1.85. The molecule has 0 aliphatic carbocycles. The third kappa shape index (κ3) is 3.78. The lowest BCUT2D eigenvalue weighted by Crippen LogP contribution is -2.14. The molecule has 1 amide bonds. The molecule has 0 aliphatic heterocycles. The molecule has 0 bridgehead atoms. The maximum atomic E-state index is 13.0. The van der Waals surface area contributed by atoms with Crippen molar-refractivity contribution >= 4 is 27.5 Å². The number of nitrogens with one attached hydrogen (secondary N) is 1. The van der Waals surface area contributed by atoms with Crippen molar-refractivity contribution in [2.24, 2.45) is 0 Å². The summed E-state index contributed by atoms with van der Waals surface area (Å²) < 4.78 is 50.2. The zero-order chi connectivity index (χ0) is 15.6. The predicted molar refractivity (Wildman–Crippen MR) is 71.3 cm³/mol. The van der Waals surface area contributed by atoms with Crippen molar-refractivity contribution in [3.05, 3.63) is 58.1 Å². The second kappa shape index (κ2) is 5.80. The normalized spacial score (nSPS) is 11.3. The van der Waals surface area contributed by atoms with Gasteiger partial charge in [-0.3, -0.25) is 9.78 Å². The Hall–Kier alpha value is -1.96. The lowest BCUT2D eigenvalue weighted by atomic mass is 10.2. The number of hydrogen-bond donors (Lipinski definition) is 1. The average Bonchev–Trinajstić information content (AvgIpc) is 2.42. The van der Waals surface area contributed by atoms with Gasteiger partial charge in [-0.1, -0.05) is 0 Å². The molecular weight excluding hydrogens is 356 g/mol. The minimum atomic E-state index is -4.56. The van der Waals surface area contributed by atoms with Gasteiger partial charge in [0.05, 0.1) is 10.0 Å². The van der Waals surface area contributed by atoms with Crippen molar-refractivity contribution in [2.45, 2.75) is 6.18 Å². The van der Waals surface area contributed by atoms with Crippen LogP contribution < -0.4 is 5.32 Å². The van der Waals surface area contributed by atoms with Crippen LogP contribution in [0.15, 0.2) is 41.0 Å². The number of anilines is 1. The molecule has 1 N–H and O–H groups in total. The van der Waals surface area contributed by atoms with E-state index in [2.05, 4.69) is 26.2 Å². The second-order valence-electron chi connectivity index (χ2n) is 4.01. The van der Waals surface area contributed by atoms with E-state index in [1.165, 1.54) is 12.1 Å². The van der Waals surface area contributed by atoms with Crippen LogP contribution in [-0.4, -0.2) is 10.9 Å². The molecule has 8 heteroatoms. The lowest BCUT2D eigenvalue weighted by molar-refractivity contribution is -0.141. The molecule has 3 nitrogen and oxygen atoms in total. The third-order valence-corrected chi connectivity index (χ3v) is 3.10. The molecule has 1 aromatic carbocycles. The number of pyridine rings is 1. The summed E-state index contributed by atoms with van der Waals surface area (Å²) in [6, 6.07) is 5.55. The van der Waals surface area contributed by atoms with Gasteiger partial charge in [0, 0.05) is 11.9 Å². The first kappa shape index (κ1) is 15.4. The summed E-state index contributed by atoms with van der Waals surface area (Å²) in [5.41, 5.74) is -0.819. The van der Waals surface area contributed by atoms with E-state index in [-0.39, 0.29) is 10.0 Å². The van der Waals surface area contributed by atoms with Gasteiger partial charge in [-0.25, -0.2) is 4.39 Å². The molecule has 110 valence electrons. The van der Waals surface area contributed by atoms with E-state index in [0.717, 1.165) is 24.4 Å². The van der Waals surface area contributed by atoms with Gasteiger partial charge in [0.25, 0.3) is 5.91 Å². The van der Waals surface area contributed by atoms with Gasteiger partial charge in [-0.05, 0) is 46.3 Å². The van der Waals surface area contributed by atoms with E-state index in [1.807, 2.05) is 0 Å². The summed E-state index contributed by atoms with van der Waals surface area (Å²) >= 11 is 2.96. The molecule has 2 aromatic rings. The summed E-state index contributed by atoms with van der Waals surface area (Å²) in [5.74, 6) is -1.14. The lowest BCUT2D eigenvalue weighted by Gasteiger charge is -2.08. The van der Waals surface area contributed by atoms with Gasteiger partial charge in [0.15, 0.2) is 0 Å². The van der Waals surface area contributed by atoms with Gasteiger partial charge in [0.2, 0.25) is 0 Å². The van der Waals surface area contributed by atoms with Crippen LogP contribution in [0.2, 0.25) is 0 Å². The molecule has 0 radical (unpaired) electrons. The molecule has 0 unspecified atom stereocenters. The molecule has 2 rings (SSSR count). The highest BCUT2D eigenvalue weighted by molar-refractivity contribution is 9.10. The molecule has 0 saturated heterocycles. The van der Waals surface area contributed by atoms with Crippen LogP contribution in [0, 0.1) is 5.82 Å². The number of aromatic nitrogens is 1. The largest absolute Gasteiger partial charge is 0.433 e. The second-order valence-corrected chi connectivity index (χ2v) is 4.87. The van der Waals surface area contributed by atoms with Crippen LogP contribution >= 0.6 is 15.9 Å². The van der Waals surface area contributed by atoms with E-state index in [1.54, 1.807) is 0 Å². The number of rotatable bonds is 2. The van der Waals surface area contributed by atoms with E-state index >= 15 is 0 Å². The number of alkyl halides is 3. The van der Waals surface area contributed by atoms with Crippen LogP contribution in [0.25, 0.3) is 0 Å². The first-order valence-corrected chi connectivity index (χ1v) is 6.36. The molecule has 0 aliphatic rings. The van der Waals surface area contributed by atoms with Crippen molar-refractivity contribution in [1.29, 1.82) is 0 Å². The topological polar surface area (TPSA) is 42.0 Å². The fourth-order valence-electron chi connectivity index (χ4n) is 1.47. The number of benzene rings is 1. The molecule has 21 heavy (non-hydrogen) atoms. The Kier molecular flexibility index (Phi) is 4.26. The maximum Gasteiger partial charge on any atom is 0.433 e. The summed E-state index contributed by atoms with van der Waals surface area (Å²) in [6.07, 6.45) is -3.73. The van der Waals surface area contributed by atoms with Crippen LogP contribution in [0.5, 0.6) is 0 Å². The number of halogens is 5. The summed E-state index contributed by atoms with van der Waals surface area (Å²) in [7, 11) is 0. The van der Waals surface area contributed by atoms with Crippen LogP contribution in [0.1, 0.15) is 16.1 Å². The molecular formula is C13H7BrF4N2O. The Morgan fingerprint density at radius 1 is 1.19 bits per heavy atom. The van der Waals surface area contributed by atoms with Crippen molar-refractivity contribution in [1.82, 2.24) is 4.98 Å². The Morgan fingerprint density at radius 2 is 1.90 bits per heavy atom. The number of hydrogen-bond acceptors (Lipinski definition) is 2. The molecule has 1 heterocycles. The van der Waals surface area contributed by atoms with E-state index in [4.69, 9.17) is 0 Å². The molecule has 0 saturated carbocycles. The Bertz CT molecular complexity index is 671. The molecule has 0 fully saturated rings. The zero-order valence-corrected chi connectivity index (χ0v) is 11.8. The van der Waals surface area contributed by atoms with Gasteiger partial charge in [0.1, 0.15) is 11.5 Å². The van der Waals surface area contributed by atoms with Gasteiger partial charge < -0.3 is 5.32 Å². The molecule has 0 atom stereocenters. The highest BCUT2D eigenvalue weighted by Crippen LogP contribution is 2.27. The van der Waals surface area contributed by atoms with Gasteiger partial charge in [-0.2, -0.15) is 13.2 Å². The number of carbonyl (C=O) groups excluding carboxylic acids is 1. The Labute approximate surface area is 125 Å². The average molecular weight is 363 g/mol. The van der Waals surface area contributed by atoms with Crippen LogP contribution in [0.4, 0.5) is 23.2 Å². The zero-order valence-electron chi connectivity index (χ0n) is 10.2. The fraction of sp³-hybridized carbons (Fsp3) is 0.0769. The first-order chi connectivity index (χ1) is 9.77. The van der Waals surface area contributed by atoms with E-state index < -0.39 is 23.6 Å². The minimum absolute atomic E-state index is 0.0385. The van der Waals surface area contributed by atoms with Crippen molar-refractivity contribution in [3.63, 3.8) is 0 Å². The quantitative estimate of drug-likeness (QED) is 0.811. The van der Waals surface area contributed by atoms with Crippen LogP contribution in [0.3, 0.4) is 0 Å². The third-order valence-electron chi connectivity index (χ3n) is 2.49. The van der Waals surface area contributed by atoms with E-state index in [9.17, 15) is 22.4 Å². The number of carbonyl (C=O) groups is 1. The standard InChI is InChI=1S/C13H7BrF4N2O/c14-9-5-8(2-3-10(9)15)20-12(21)7-1-4-11(19-6-7)13(16,17)18/h1-6H,(H,20,21). The number of amides is 1. The highest BCUT2D eigenvalue weighted by atomic mass is 79.9. The molecule has 0 spiro atoms. The van der Waals surface area contributed by atoms with Crippen LogP contribution in [-0.2, 0) is 6.18 Å². The molecule has 1 aromatic heterocycles. The highest BCUT2D eigenvalue weighted by Gasteiger charge is 2.32.